The lowest BCUT2D eigenvalue weighted by atomic mass is 9.90. The number of hydrogen-bond acceptors (Lipinski definition) is 3. The number of likely N-dealkylation sites (tertiary alicyclic amines) is 1. The van der Waals surface area contributed by atoms with Crippen LogP contribution in [0.1, 0.15) is 39.5 Å². The van der Waals surface area contributed by atoms with Crippen LogP contribution < -0.4 is 0 Å². The fourth-order valence-electron chi connectivity index (χ4n) is 2.49. The van der Waals surface area contributed by atoms with E-state index in [1.807, 2.05) is 0 Å². The minimum Gasteiger partial charge on any atom is -0.469 e. The van der Waals surface area contributed by atoms with E-state index in [0.29, 0.717) is 18.4 Å². The van der Waals surface area contributed by atoms with E-state index in [1.165, 1.54) is 26.5 Å². The van der Waals surface area contributed by atoms with Crippen molar-refractivity contribution in [3.8, 4) is 0 Å². The molecule has 17 heavy (non-hydrogen) atoms. The van der Waals surface area contributed by atoms with Crippen molar-refractivity contribution in [3.63, 3.8) is 0 Å². The molecule has 0 aromatic heterocycles. The SMILES string of the molecule is C=C(CC(=O)OC)CC1CCCN(C(C)C)C1. The predicted octanol–water partition coefficient (Wildman–Crippen LogP) is 2.62. The third-order valence-electron chi connectivity index (χ3n) is 3.48. The van der Waals surface area contributed by atoms with Crippen LogP contribution in [-0.4, -0.2) is 37.1 Å². The van der Waals surface area contributed by atoms with E-state index in [4.69, 9.17) is 0 Å². The van der Waals surface area contributed by atoms with E-state index in [0.717, 1.165) is 18.5 Å². The summed E-state index contributed by atoms with van der Waals surface area (Å²) >= 11 is 0. The van der Waals surface area contributed by atoms with Gasteiger partial charge in [0.05, 0.1) is 13.5 Å². The Hall–Kier alpha value is -0.830. The summed E-state index contributed by atoms with van der Waals surface area (Å²) in [5.41, 5.74) is 1.01. The van der Waals surface area contributed by atoms with Gasteiger partial charge in [-0.15, -0.1) is 0 Å². The van der Waals surface area contributed by atoms with Gasteiger partial charge in [0.2, 0.25) is 0 Å². The predicted molar refractivity (Wildman–Crippen MR) is 69.8 cm³/mol. The zero-order chi connectivity index (χ0) is 12.8. The maximum atomic E-state index is 11.1. The standard InChI is InChI=1S/C14H25NO2/c1-11(2)15-7-5-6-13(10-15)8-12(3)9-14(16)17-4/h11,13H,3,5-10H2,1-2,4H3. The van der Waals surface area contributed by atoms with Gasteiger partial charge in [0.1, 0.15) is 0 Å². The van der Waals surface area contributed by atoms with Crippen LogP contribution in [0.4, 0.5) is 0 Å². The molecular formula is C14H25NO2. The first-order chi connectivity index (χ1) is 8.02. The first kappa shape index (κ1) is 14.2. The van der Waals surface area contributed by atoms with Gasteiger partial charge in [0, 0.05) is 12.6 Å². The Morgan fingerprint density at radius 3 is 2.82 bits per heavy atom. The Kier molecular flexibility index (Phi) is 5.69. The van der Waals surface area contributed by atoms with Crippen LogP contribution in [0.15, 0.2) is 12.2 Å². The lowest BCUT2D eigenvalue weighted by molar-refractivity contribution is -0.139. The van der Waals surface area contributed by atoms with Crippen LogP contribution in [0.25, 0.3) is 0 Å². The highest BCUT2D eigenvalue weighted by atomic mass is 16.5. The van der Waals surface area contributed by atoms with Gasteiger partial charge in [-0.2, -0.15) is 0 Å². The molecule has 1 unspecified atom stereocenters. The van der Waals surface area contributed by atoms with Crippen LogP contribution in [0, 0.1) is 5.92 Å². The summed E-state index contributed by atoms with van der Waals surface area (Å²) in [6.45, 7) is 10.8. The van der Waals surface area contributed by atoms with Crippen molar-refractivity contribution in [2.75, 3.05) is 20.2 Å². The summed E-state index contributed by atoms with van der Waals surface area (Å²) in [6.07, 6.45) is 3.84. The number of rotatable bonds is 5. The average Bonchev–Trinajstić information content (AvgIpc) is 2.28. The van der Waals surface area contributed by atoms with Gasteiger partial charge >= 0.3 is 5.97 Å². The second-order valence-corrected chi connectivity index (χ2v) is 5.30. The molecule has 1 heterocycles. The van der Waals surface area contributed by atoms with Crippen LogP contribution >= 0.6 is 0 Å². The molecule has 1 fully saturated rings. The third kappa shape index (κ3) is 4.90. The number of nitrogens with zero attached hydrogens (tertiary/aromatic N) is 1. The topological polar surface area (TPSA) is 29.5 Å². The Labute approximate surface area is 105 Å². The van der Waals surface area contributed by atoms with Crippen molar-refractivity contribution in [1.82, 2.24) is 4.90 Å². The van der Waals surface area contributed by atoms with Crippen molar-refractivity contribution in [3.05, 3.63) is 12.2 Å². The number of ether oxygens (including phenoxy) is 1. The molecule has 0 N–H and O–H groups in total. The summed E-state index contributed by atoms with van der Waals surface area (Å²) in [5, 5.41) is 0. The minimum absolute atomic E-state index is 0.175. The zero-order valence-electron chi connectivity index (χ0n) is 11.4. The number of piperidine rings is 1. The van der Waals surface area contributed by atoms with Crippen LogP contribution in [0.2, 0.25) is 0 Å². The van der Waals surface area contributed by atoms with Gasteiger partial charge in [-0.25, -0.2) is 0 Å². The molecule has 1 aliphatic rings. The van der Waals surface area contributed by atoms with Gasteiger partial charge in [-0.1, -0.05) is 12.2 Å². The van der Waals surface area contributed by atoms with E-state index >= 15 is 0 Å². The molecule has 0 bridgehead atoms. The van der Waals surface area contributed by atoms with Crippen LogP contribution in [0.5, 0.6) is 0 Å². The van der Waals surface area contributed by atoms with Crippen molar-refractivity contribution < 1.29 is 9.53 Å². The maximum Gasteiger partial charge on any atom is 0.309 e. The molecule has 0 aromatic rings. The third-order valence-corrected chi connectivity index (χ3v) is 3.48. The van der Waals surface area contributed by atoms with Crippen molar-refractivity contribution >= 4 is 5.97 Å². The van der Waals surface area contributed by atoms with E-state index in [1.54, 1.807) is 0 Å². The number of carbonyl (C=O) groups is 1. The average molecular weight is 239 g/mol. The monoisotopic (exact) mass is 239 g/mol. The number of methoxy groups -OCH3 is 1. The van der Waals surface area contributed by atoms with Crippen LogP contribution in [-0.2, 0) is 9.53 Å². The Morgan fingerprint density at radius 1 is 1.53 bits per heavy atom. The van der Waals surface area contributed by atoms with Gasteiger partial charge in [0.15, 0.2) is 0 Å². The summed E-state index contributed by atoms with van der Waals surface area (Å²) in [6, 6.07) is 0.617. The molecule has 0 saturated carbocycles. The molecule has 0 radical (unpaired) electrons. The Bertz CT molecular complexity index is 273. The molecule has 1 rings (SSSR count). The normalized spacial score (nSPS) is 21.5. The Morgan fingerprint density at radius 2 is 2.24 bits per heavy atom. The van der Waals surface area contributed by atoms with Crippen molar-refractivity contribution in [2.45, 2.75) is 45.6 Å². The lowest BCUT2D eigenvalue weighted by Gasteiger charge is -2.35. The molecule has 1 aliphatic heterocycles. The zero-order valence-corrected chi connectivity index (χ0v) is 11.4. The first-order valence-corrected chi connectivity index (χ1v) is 6.50. The molecule has 1 atom stereocenters. The Balaban J connectivity index is 2.35. The highest BCUT2D eigenvalue weighted by Crippen LogP contribution is 2.24. The summed E-state index contributed by atoms with van der Waals surface area (Å²) in [4.78, 5) is 13.7. The molecule has 3 heteroatoms. The molecule has 0 amide bonds. The fraction of sp³-hybridized carbons (Fsp3) is 0.786. The highest BCUT2D eigenvalue weighted by Gasteiger charge is 2.22. The maximum absolute atomic E-state index is 11.1. The van der Waals surface area contributed by atoms with E-state index in [9.17, 15) is 4.79 Å². The van der Waals surface area contributed by atoms with Crippen molar-refractivity contribution in [2.24, 2.45) is 5.92 Å². The lowest BCUT2D eigenvalue weighted by Crippen LogP contribution is -2.40. The highest BCUT2D eigenvalue weighted by molar-refractivity contribution is 5.72. The number of esters is 1. The quantitative estimate of drug-likeness (QED) is 0.545. The molecule has 0 aromatic carbocycles. The largest absolute Gasteiger partial charge is 0.469 e. The molecule has 98 valence electrons. The van der Waals surface area contributed by atoms with E-state index < -0.39 is 0 Å². The molecule has 1 saturated heterocycles. The fourth-order valence-corrected chi connectivity index (χ4v) is 2.49. The van der Waals surface area contributed by atoms with Crippen LogP contribution in [0.3, 0.4) is 0 Å². The number of hydrogen-bond donors (Lipinski definition) is 0. The van der Waals surface area contributed by atoms with E-state index in [2.05, 4.69) is 30.1 Å². The van der Waals surface area contributed by atoms with Gasteiger partial charge in [0.25, 0.3) is 0 Å². The molecule has 3 nitrogen and oxygen atoms in total. The molecule has 0 aliphatic carbocycles. The second kappa shape index (κ2) is 6.80. The van der Waals surface area contributed by atoms with Gasteiger partial charge in [-0.05, 0) is 45.6 Å². The summed E-state index contributed by atoms with van der Waals surface area (Å²) in [5.74, 6) is 0.481. The first-order valence-electron chi connectivity index (χ1n) is 6.50. The smallest absolute Gasteiger partial charge is 0.309 e. The van der Waals surface area contributed by atoms with E-state index in [-0.39, 0.29) is 5.97 Å². The molecule has 0 spiro atoms. The van der Waals surface area contributed by atoms with Gasteiger partial charge < -0.3 is 9.64 Å². The second-order valence-electron chi connectivity index (χ2n) is 5.30. The van der Waals surface area contributed by atoms with Crippen molar-refractivity contribution in [1.29, 1.82) is 0 Å². The van der Waals surface area contributed by atoms with Gasteiger partial charge in [-0.3, -0.25) is 4.79 Å². The summed E-state index contributed by atoms with van der Waals surface area (Å²) in [7, 11) is 1.43. The minimum atomic E-state index is -0.175. The summed E-state index contributed by atoms with van der Waals surface area (Å²) < 4.78 is 4.66. The number of carbonyl (C=O) groups excluding carboxylic acids is 1. The molecular weight excluding hydrogens is 214 g/mol.